The Balaban J connectivity index is 2.05. The number of aromatic nitrogens is 1. The van der Waals surface area contributed by atoms with Gasteiger partial charge in [0.2, 0.25) is 0 Å². The fourth-order valence-corrected chi connectivity index (χ4v) is 2.72. The van der Waals surface area contributed by atoms with Crippen LogP contribution in [0.15, 0.2) is 18.3 Å². The number of anilines is 1. The Kier molecular flexibility index (Phi) is 5.80. The van der Waals surface area contributed by atoms with E-state index in [0.717, 1.165) is 38.4 Å². The first-order chi connectivity index (χ1) is 9.72. The third-order valence-electron chi connectivity index (χ3n) is 3.85. The van der Waals surface area contributed by atoms with Crippen LogP contribution in [0.3, 0.4) is 0 Å². The zero-order valence-corrected chi connectivity index (χ0v) is 12.9. The molecule has 2 atom stereocenters. The Hall–Kier alpha value is -1.13. The Bertz CT molecular complexity index is 404. The van der Waals surface area contributed by atoms with E-state index in [-0.39, 0.29) is 0 Å². The molecule has 20 heavy (non-hydrogen) atoms. The molecule has 1 aromatic rings. The van der Waals surface area contributed by atoms with Gasteiger partial charge in [0.25, 0.3) is 0 Å². The summed E-state index contributed by atoms with van der Waals surface area (Å²) in [6.45, 7) is 7.25. The smallest absolute Gasteiger partial charge is 0.133 e. The maximum absolute atomic E-state index is 5.73. The summed E-state index contributed by atoms with van der Waals surface area (Å²) in [6, 6.07) is 4.51. The van der Waals surface area contributed by atoms with Gasteiger partial charge in [0, 0.05) is 38.0 Å². The molecule has 1 aliphatic rings. The number of likely N-dealkylation sites (N-methyl/N-ethyl adjacent to an activating group) is 1. The summed E-state index contributed by atoms with van der Waals surface area (Å²) < 4.78 is 5.73. The van der Waals surface area contributed by atoms with E-state index in [9.17, 15) is 0 Å². The second-order valence-electron chi connectivity index (χ2n) is 5.61. The third-order valence-corrected chi connectivity index (χ3v) is 3.85. The van der Waals surface area contributed by atoms with Crippen molar-refractivity contribution in [2.24, 2.45) is 0 Å². The minimum Gasteiger partial charge on any atom is -0.376 e. The highest BCUT2D eigenvalue weighted by Crippen LogP contribution is 2.24. The monoisotopic (exact) mass is 277 g/mol. The fraction of sp³-hybridized carbons (Fsp3) is 0.688. The molecule has 2 rings (SSSR count). The zero-order valence-electron chi connectivity index (χ0n) is 12.9. The molecule has 1 fully saturated rings. The molecule has 2 unspecified atom stereocenters. The van der Waals surface area contributed by atoms with E-state index in [1.165, 1.54) is 12.0 Å². The summed E-state index contributed by atoms with van der Waals surface area (Å²) >= 11 is 0. The maximum Gasteiger partial charge on any atom is 0.133 e. The summed E-state index contributed by atoms with van der Waals surface area (Å²) in [7, 11) is 2.11. The van der Waals surface area contributed by atoms with Crippen molar-refractivity contribution in [3.8, 4) is 0 Å². The highest BCUT2D eigenvalue weighted by atomic mass is 16.5. The molecule has 0 aromatic carbocycles. The quantitative estimate of drug-likeness (QED) is 0.831. The predicted molar refractivity (Wildman–Crippen MR) is 83.2 cm³/mol. The van der Waals surface area contributed by atoms with Crippen LogP contribution in [0.5, 0.6) is 0 Å². The largest absolute Gasteiger partial charge is 0.376 e. The van der Waals surface area contributed by atoms with Crippen LogP contribution in [-0.4, -0.2) is 37.8 Å². The van der Waals surface area contributed by atoms with Gasteiger partial charge in [-0.25, -0.2) is 4.98 Å². The fourth-order valence-electron chi connectivity index (χ4n) is 2.72. The number of hydrogen-bond donors (Lipinski definition) is 1. The van der Waals surface area contributed by atoms with E-state index < -0.39 is 0 Å². The van der Waals surface area contributed by atoms with Crippen molar-refractivity contribution < 1.29 is 4.74 Å². The molecule has 2 heterocycles. The average molecular weight is 277 g/mol. The Morgan fingerprint density at radius 3 is 3.10 bits per heavy atom. The lowest BCUT2D eigenvalue weighted by Gasteiger charge is -2.26. The van der Waals surface area contributed by atoms with Crippen LogP contribution in [0.4, 0.5) is 5.82 Å². The van der Waals surface area contributed by atoms with Crippen LogP contribution >= 0.6 is 0 Å². The first-order valence-electron chi connectivity index (χ1n) is 7.73. The van der Waals surface area contributed by atoms with Crippen molar-refractivity contribution in [1.29, 1.82) is 0 Å². The van der Waals surface area contributed by atoms with Crippen LogP contribution < -0.4 is 10.2 Å². The molecule has 4 heteroatoms. The summed E-state index contributed by atoms with van der Waals surface area (Å²) in [5.74, 6) is 1.07. The summed E-state index contributed by atoms with van der Waals surface area (Å²) in [4.78, 5) is 6.81. The van der Waals surface area contributed by atoms with E-state index in [2.05, 4.69) is 42.2 Å². The number of nitrogens with zero attached hydrogens (tertiary/aromatic N) is 2. The van der Waals surface area contributed by atoms with Crippen LogP contribution in [-0.2, 0) is 4.74 Å². The molecule has 0 spiro atoms. The maximum atomic E-state index is 5.73. The first kappa shape index (κ1) is 15.3. The highest BCUT2D eigenvalue weighted by Gasteiger charge is 2.20. The van der Waals surface area contributed by atoms with Gasteiger partial charge in [-0.3, -0.25) is 0 Å². The molecular formula is C16H27N3O. The Labute approximate surface area is 122 Å². The van der Waals surface area contributed by atoms with Crippen LogP contribution in [0, 0.1) is 0 Å². The lowest BCUT2D eigenvalue weighted by molar-refractivity contribution is 0.116. The van der Waals surface area contributed by atoms with E-state index in [1.54, 1.807) is 0 Å². The topological polar surface area (TPSA) is 37.4 Å². The molecule has 0 saturated carbocycles. The molecule has 1 N–H and O–H groups in total. The molecule has 1 aromatic heterocycles. The second-order valence-corrected chi connectivity index (χ2v) is 5.61. The molecule has 112 valence electrons. The van der Waals surface area contributed by atoms with Gasteiger partial charge in [-0.2, -0.15) is 0 Å². The van der Waals surface area contributed by atoms with Crippen molar-refractivity contribution in [1.82, 2.24) is 10.3 Å². The lowest BCUT2D eigenvalue weighted by atomic mass is 10.1. The van der Waals surface area contributed by atoms with Gasteiger partial charge in [0.15, 0.2) is 0 Å². The number of pyridine rings is 1. The van der Waals surface area contributed by atoms with Crippen LogP contribution in [0.1, 0.15) is 44.7 Å². The van der Waals surface area contributed by atoms with Crippen molar-refractivity contribution in [2.75, 3.05) is 31.6 Å². The Morgan fingerprint density at radius 2 is 2.40 bits per heavy atom. The van der Waals surface area contributed by atoms with Crippen molar-refractivity contribution in [2.45, 2.75) is 45.3 Å². The normalized spacial score (nSPS) is 20.1. The lowest BCUT2D eigenvalue weighted by Crippen LogP contribution is -2.31. The van der Waals surface area contributed by atoms with E-state index in [4.69, 9.17) is 4.74 Å². The van der Waals surface area contributed by atoms with Gasteiger partial charge in [-0.05, 0) is 38.8 Å². The number of hydrogen-bond acceptors (Lipinski definition) is 4. The van der Waals surface area contributed by atoms with Crippen LogP contribution in [0.2, 0.25) is 0 Å². The molecule has 1 saturated heterocycles. The molecule has 0 aliphatic carbocycles. The summed E-state index contributed by atoms with van der Waals surface area (Å²) in [5.41, 5.74) is 1.27. The number of ether oxygens (including phenoxy) is 1. The first-order valence-corrected chi connectivity index (χ1v) is 7.73. The molecule has 1 aliphatic heterocycles. The van der Waals surface area contributed by atoms with Gasteiger partial charge in [0.05, 0.1) is 6.10 Å². The Morgan fingerprint density at radius 1 is 1.55 bits per heavy atom. The van der Waals surface area contributed by atoms with Crippen molar-refractivity contribution >= 4 is 5.82 Å². The van der Waals surface area contributed by atoms with Gasteiger partial charge < -0.3 is 15.0 Å². The average Bonchev–Trinajstić information content (AvgIpc) is 2.97. The molecular weight excluding hydrogens is 250 g/mol. The zero-order chi connectivity index (χ0) is 14.4. The van der Waals surface area contributed by atoms with E-state index in [1.807, 2.05) is 12.3 Å². The standard InChI is InChI=1S/C16H27N3O/c1-4-9-17-13(2)15-8-5-10-18-16(15)19(3)12-14-7-6-11-20-14/h5,8,10,13-14,17H,4,6-7,9,11-12H2,1-3H3. The van der Waals surface area contributed by atoms with E-state index >= 15 is 0 Å². The molecule has 4 nitrogen and oxygen atoms in total. The van der Waals surface area contributed by atoms with Crippen LogP contribution in [0.25, 0.3) is 0 Å². The van der Waals surface area contributed by atoms with Gasteiger partial charge >= 0.3 is 0 Å². The predicted octanol–water partition coefficient (Wildman–Crippen LogP) is 2.76. The van der Waals surface area contributed by atoms with E-state index in [0.29, 0.717) is 12.1 Å². The van der Waals surface area contributed by atoms with Crippen molar-refractivity contribution in [3.05, 3.63) is 23.9 Å². The van der Waals surface area contributed by atoms with Gasteiger partial charge in [-0.1, -0.05) is 13.0 Å². The summed E-state index contributed by atoms with van der Waals surface area (Å²) in [6.07, 6.45) is 5.72. The second kappa shape index (κ2) is 7.60. The SMILES string of the molecule is CCCNC(C)c1cccnc1N(C)CC1CCCO1. The minimum absolute atomic E-state index is 0.325. The third kappa shape index (κ3) is 3.93. The minimum atomic E-state index is 0.325. The van der Waals surface area contributed by atoms with Crippen molar-refractivity contribution in [3.63, 3.8) is 0 Å². The number of nitrogens with one attached hydrogen (secondary N) is 1. The number of rotatable bonds is 7. The van der Waals surface area contributed by atoms with Gasteiger partial charge in [0.1, 0.15) is 5.82 Å². The summed E-state index contributed by atoms with van der Waals surface area (Å²) in [5, 5.41) is 3.54. The molecule has 0 bridgehead atoms. The molecule has 0 amide bonds. The van der Waals surface area contributed by atoms with Gasteiger partial charge in [-0.15, -0.1) is 0 Å². The molecule has 0 radical (unpaired) electrons. The highest BCUT2D eigenvalue weighted by molar-refractivity contribution is 5.47.